The van der Waals surface area contributed by atoms with E-state index >= 15 is 0 Å². The molecule has 2 aromatic rings. The van der Waals surface area contributed by atoms with Crippen LogP contribution in [0.5, 0.6) is 0 Å². The zero-order valence-corrected chi connectivity index (χ0v) is 11.6. The van der Waals surface area contributed by atoms with Crippen molar-refractivity contribution >= 4 is 21.7 Å². The number of carbonyl (C=O) groups is 1. The van der Waals surface area contributed by atoms with Crippen LogP contribution in [0.2, 0.25) is 0 Å². The Kier molecular flexibility index (Phi) is 3.53. The number of anilines is 1. The predicted octanol–water partition coefficient (Wildman–Crippen LogP) is 1.56. The van der Waals surface area contributed by atoms with Gasteiger partial charge in [0, 0.05) is 12.2 Å². The minimum atomic E-state index is -3.97. The van der Waals surface area contributed by atoms with E-state index in [-0.39, 0.29) is 11.7 Å². The molecule has 0 aromatic carbocycles. The second-order valence-corrected chi connectivity index (χ2v) is 5.95. The summed E-state index contributed by atoms with van der Waals surface area (Å²) in [7, 11) is -3.97. The molecule has 0 atom stereocenters. The van der Waals surface area contributed by atoms with Crippen LogP contribution in [-0.2, 0) is 10.0 Å². The first-order valence-corrected chi connectivity index (χ1v) is 7.18. The van der Waals surface area contributed by atoms with Gasteiger partial charge in [-0.15, -0.1) is 0 Å². The molecular weight excluding hydrogens is 286 g/mol. The summed E-state index contributed by atoms with van der Waals surface area (Å²) in [6.07, 6.45) is 2.89. The molecule has 0 radical (unpaired) electrons. The lowest BCUT2D eigenvalue weighted by molar-refractivity contribution is 0.0656. The summed E-state index contributed by atoms with van der Waals surface area (Å²) in [5, 5.41) is 12.2. The summed E-state index contributed by atoms with van der Waals surface area (Å²) < 4.78 is 32.6. The lowest BCUT2D eigenvalue weighted by Crippen LogP contribution is -2.11. The van der Waals surface area contributed by atoms with Crippen molar-refractivity contribution in [2.24, 2.45) is 0 Å². The molecule has 9 heteroatoms. The van der Waals surface area contributed by atoms with E-state index in [4.69, 9.17) is 9.52 Å². The summed E-state index contributed by atoms with van der Waals surface area (Å²) in [5.41, 5.74) is 0.270. The standard InChI is InChI=1S/C11H13N3O5S/c1-7(2)14-6-8(5-12-14)13-20(17,18)10-4-3-9(19-10)11(15)16/h3-7,13H,1-2H3,(H,15,16). The van der Waals surface area contributed by atoms with Gasteiger partial charge in [-0.05, 0) is 26.0 Å². The lowest BCUT2D eigenvalue weighted by Gasteiger charge is -2.04. The highest BCUT2D eigenvalue weighted by molar-refractivity contribution is 7.92. The Morgan fingerprint density at radius 2 is 2.15 bits per heavy atom. The van der Waals surface area contributed by atoms with E-state index in [0.717, 1.165) is 12.1 Å². The molecule has 0 saturated carbocycles. The van der Waals surface area contributed by atoms with Gasteiger partial charge < -0.3 is 9.52 Å². The topological polar surface area (TPSA) is 114 Å². The van der Waals surface area contributed by atoms with E-state index in [9.17, 15) is 13.2 Å². The van der Waals surface area contributed by atoms with Gasteiger partial charge in [0.2, 0.25) is 10.9 Å². The smallest absolute Gasteiger partial charge is 0.371 e. The van der Waals surface area contributed by atoms with Crippen LogP contribution in [0.25, 0.3) is 0 Å². The lowest BCUT2D eigenvalue weighted by atomic mass is 10.4. The Labute approximate surface area is 115 Å². The average molecular weight is 299 g/mol. The Bertz CT molecular complexity index is 729. The monoisotopic (exact) mass is 299 g/mol. The molecule has 0 aliphatic heterocycles. The van der Waals surface area contributed by atoms with Gasteiger partial charge in [0.25, 0.3) is 10.0 Å². The van der Waals surface area contributed by atoms with Gasteiger partial charge in [0.1, 0.15) is 0 Å². The van der Waals surface area contributed by atoms with E-state index in [1.807, 2.05) is 13.8 Å². The molecule has 2 aromatic heterocycles. The fraction of sp³-hybridized carbons (Fsp3) is 0.273. The number of furan rings is 1. The summed E-state index contributed by atoms with van der Waals surface area (Å²) in [6.45, 7) is 3.80. The summed E-state index contributed by atoms with van der Waals surface area (Å²) >= 11 is 0. The predicted molar refractivity (Wildman–Crippen MR) is 69.1 cm³/mol. The maximum Gasteiger partial charge on any atom is 0.371 e. The molecule has 8 nitrogen and oxygen atoms in total. The Morgan fingerprint density at radius 3 is 2.65 bits per heavy atom. The van der Waals surface area contributed by atoms with Crippen LogP contribution in [0.4, 0.5) is 5.69 Å². The number of carboxylic acid groups (broad SMARTS) is 1. The van der Waals surface area contributed by atoms with Crippen molar-refractivity contribution < 1.29 is 22.7 Å². The Balaban J connectivity index is 2.23. The van der Waals surface area contributed by atoms with Gasteiger partial charge in [-0.1, -0.05) is 0 Å². The highest BCUT2D eigenvalue weighted by Gasteiger charge is 2.21. The van der Waals surface area contributed by atoms with Crippen LogP contribution in [0.3, 0.4) is 0 Å². The molecule has 20 heavy (non-hydrogen) atoms. The van der Waals surface area contributed by atoms with Crippen molar-refractivity contribution in [1.82, 2.24) is 9.78 Å². The van der Waals surface area contributed by atoms with E-state index in [0.29, 0.717) is 0 Å². The van der Waals surface area contributed by atoms with Crippen LogP contribution < -0.4 is 4.72 Å². The van der Waals surface area contributed by atoms with E-state index in [1.54, 1.807) is 4.68 Å². The fourth-order valence-electron chi connectivity index (χ4n) is 1.46. The average Bonchev–Trinajstić information content (AvgIpc) is 2.95. The Morgan fingerprint density at radius 1 is 1.45 bits per heavy atom. The molecule has 0 spiro atoms. The summed E-state index contributed by atoms with van der Waals surface area (Å²) in [6, 6.07) is 2.25. The van der Waals surface area contributed by atoms with Gasteiger partial charge in [-0.3, -0.25) is 9.40 Å². The maximum absolute atomic E-state index is 12.0. The number of sulfonamides is 1. The van der Waals surface area contributed by atoms with Gasteiger partial charge in [0.05, 0.1) is 11.9 Å². The molecule has 0 amide bonds. The molecule has 2 heterocycles. The van der Waals surface area contributed by atoms with E-state index < -0.39 is 26.8 Å². The largest absolute Gasteiger partial charge is 0.475 e. The Hall–Kier alpha value is -2.29. The maximum atomic E-state index is 12.0. The number of hydrogen-bond acceptors (Lipinski definition) is 5. The SMILES string of the molecule is CC(C)n1cc(NS(=O)(=O)c2ccc(C(=O)O)o2)cn1. The first kappa shape index (κ1) is 14.1. The number of nitrogens with zero attached hydrogens (tertiary/aromatic N) is 2. The molecule has 0 aliphatic rings. The zero-order valence-electron chi connectivity index (χ0n) is 10.8. The number of rotatable bonds is 5. The first-order chi connectivity index (χ1) is 9.29. The third-order valence-electron chi connectivity index (χ3n) is 2.44. The highest BCUT2D eigenvalue weighted by atomic mass is 32.2. The number of carboxylic acids is 1. The normalized spacial score (nSPS) is 11.8. The highest BCUT2D eigenvalue weighted by Crippen LogP contribution is 2.19. The minimum absolute atomic E-state index is 0.0930. The molecule has 2 rings (SSSR count). The van der Waals surface area contributed by atoms with Gasteiger partial charge in [-0.2, -0.15) is 13.5 Å². The second kappa shape index (κ2) is 5.00. The first-order valence-electron chi connectivity index (χ1n) is 5.69. The summed E-state index contributed by atoms with van der Waals surface area (Å²) in [5.74, 6) is -1.78. The van der Waals surface area contributed by atoms with Crippen molar-refractivity contribution in [3.05, 3.63) is 30.3 Å². The van der Waals surface area contributed by atoms with Crippen molar-refractivity contribution in [1.29, 1.82) is 0 Å². The van der Waals surface area contributed by atoms with Crippen LogP contribution in [-0.4, -0.2) is 29.3 Å². The molecule has 108 valence electrons. The fourth-order valence-corrected chi connectivity index (χ4v) is 2.42. The molecule has 0 bridgehead atoms. The van der Waals surface area contributed by atoms with Crippen LogP contribution in [0.1, 0.15) is 30.4 Å². The number of nitrogens with one attached hydrogen (secondary N) is 1. The minimum Gasteiger partial charge on any atom is -0.475 e. The van der Waals surface area contributed by atoms with E-state index in [2.05, 4.69) is 9.82 Å². The third kappa shape index (κ3) is 2.82. The molecular formula is C11H13N3O5S. The second-order valence-electron chi connectivity index (χ2n) is 4.33. The zero-order chi connectivity index (χ0) is 14.9. The number of aromatic carboxylic acids is 1. The van der Waals surface area contributed by atoms with Crippen LogP contribution in [0, 0.1) is 0 Å². The summed E-state index contributed by atoms with van der Waals surface area (Å²) in [4.78, 5) is 10.7. The van der Waals surface area contributed by atoms with Crippen molar-refractivity contribution in [2.45, 2.75) is 25.0 Å². The molecule has 0 aliphatic carbocycles. The molecule has 0 fully saturated rings. The number of hydrogen-bond donors (Lipinski definition) is 2. The third-order valence-corrected chi connectivity index (χ3v) is 3.69. The molecule has 0 unspecified atom stereocenters. The van der Waals surface area contributed by atoms with Crippen molar-refractivity contribution in [3.63, 3.8) is 0 Å². The van der Waals surface area contributed by atoms with Gasteiger partial charge in [-0.25, -0.2) is 4.79 Å². The number of aromatic nitrogens is 2. The van der Waals surface area contributed by atoms with Crippen LogP contribution >= 0.6 is 0 Å². The molecule has 2 N–H and O–H groups in total. The molecule has 0 saturated heterocycles. The van der Waals surface area contributed by atoms with Crippen molar-refractivity contribution in [2.75, 3.05) is 4.72 Å². The van der Waals surface area contributed by atoms with E-state index in [1.165, 1.54) is 12.4 Å². The van der Waals surface area contributed by atoms with Crippen molar-refractivity contribution in [3.8, 4) is 0 Å². The van der Waals surface area contributed by atoms with Gasteiger partial charge >= 0.3 is 5.97 Å². The van der Waals surface area contributed by atoms with Gasteiger partial charge in [0.15, 0.2) is 0 Å². The van der Waals surface area contributed by atoms with Crippen LogP contribution in [0.15, 0.2) is 34.0 Å². The quantitative estimate of drug-likeness (QED) is 0.865.